The van der Waals surface area contributed by atoms with Gasteiger partial charge in [0.05, 0.1) is 23.0 Å². The molecule has 5 rings (SSSR count). The van der Waals surface area contributed by atoms with Crippen molar-refractivity contribution in [3.63, 3.8) is 0 Å². The largest absolute Gasteiger partial charge is 0.345 e. The summed E-state index contributed by atoms with van der Waals surface area (Å²) in [6.07, 6.45) is 4.88. The van der Waals surface area contributed by atoms with Gasteiger partial charge in [0.25, 0.3) is 5.91 Å². The summed E-state index contributed by atoms with van der Waals surface area (Å²) in [5, 5.41) is 11.7. The lowest BCUT2D eigenvalue weighted by molar-refractivity contribution is 0.0932. The van der Waals surface area contributed by atoms with Gasteiger partial charge in [0.2, 0.25) is 11.7 Å². The highest BCUT2D eigenvalue weighted by atomic mass is 16.5. The summed E-state index contributed by atoms with van der Waals surface area (Å²) in [5.41, 5.74) is 5.54. The number of carbonyl (C=O) groups excluding carboxylic acids is 1. The maximum Gasteiger partial charge on any atom is 0.255 e. The molecule has 0 radical (unpaired) electrons. The molecule has 0 saturated carbocycles. The number of carbonyl (C=O) groups is 1. The van der Waals surface area contributed by atoms with Gasteiger partial charge in [-0.05, 0) is 61.6 Å². The zero-order chi connectivity index (χ0) is 21.4. The Bertz CT molecular complexity index is 1240. The first-order chi connectivity index (χ1) is 15.1. The molecular formula is C24H23N5O2. The number of fused-ring (bicyclic) bond motifs is 1. The van der Waals surface area contributed by atoms with Crippen LogP contribution in [0.2, 0.25) is 0 Å². The number of rotatable bonds is 4. The minimum atomic E-state index is -0.0932. The molecule has 7 nitrogen and oxygen atoms in total. The molecule has 156 valence electrons. The van der Waals surface area contributed by atoms with Crippen LogP contribution in [0.4, 0.5) is 0 Å². The molecule has 2 heterocycles. The maximum atomic E-state index is 13.0. The van der Waals surface area contributed by atoms with Crippen LogP contribution < -0.4 is 5.32 Å². The zero-order valence-corrected chi connectivity index (χ0v) is 17.5. The highest BCUT2D eigenvalue weighted by Crippen LogP contribution is 2.30. The minimum absolute atomic E-state index is 0.0397. The summed E-state index contributed by atoms with van der Waals surface area (Å²) in [4.78, 5) is 17.3. The minimum Gasteiger partial charge on any atom is -0.345 e. The number of nitrogens with zero attached hydrogens (tertiary/aromatic N) is 4. The number of aryl methyl sites for hydroxylation is 3. The van der Waals surface area contributed by atoms with E-state index >= 15 is 0 Å². The molecule has 0 spiro atoms. The average Bonchev–Trinajstić information content (AvgIpc) is 3.40. The second-order valence-electron chi connectivity index (χ2n) is 7.87. The van der Waals surface area contributed by atoms with Crippen LogP contribution in [0, 0.1) is 13.8 Å². The van der Waals surface area contributed by atoms with Gasteiger partial charge < -0.3 is 9.84 Å². The molecule has 1 unspecified atom stereocenters. The smallest absolute Gasteiger partial charge is 0.255 e. The van der Waals surface area contributed by atoms with E-state index in [0.717, 1.165) is 30.5 Å². The first-order valence-corrected chi connectivity index (χ1v) is 10.4. The SMILES string of the molecule is Cc1nc(-c2ccc(-n3cc(C(=O)NC4CCCc5ccccc54)c(C)n3)cc2)no1. The summed E-state index contributed by atoms with van der Waals surface area (Å²) in [7, 11) is 0. The van der Waals surface area contributed by atoms with Crippen LogP contribution >= 0.6 is 0 Å². The molecule has 1 atom stereocenters. The van der Waals surface area contributed by atoms with Crippen molar-refractivity contribution in [2.24, 2.45) is 0 Å². The zero-order valence-electron chi connectivity index (χ0n) is 17.5. The van der Waals surface area contributed by atoms with E-state index in [1.807, 2.05) is 37.3 Å². The maximum absolute atomic E-state index is 13.0. The Balaban J connectivity index is 1.36. The molecule has 0 saturated heterocycles. The first-order valence-electron chi connectivity index (χ1n) is 10.4. The van der Waals surface area contributed by atoms with E-state index in [4.69, 9.17) is 4.52 Å². The highest BCUT2D eigenvalue weighted by Gasteiger charge is 2.23. The summed E-state index contributed by atoms with van der Waals surface area (Å²) in [6.45, 7) is 3.62. The fourth-order valence-electron chi connectivity index (χ4n) is 4.13. The quantitative estimate of drug-likeness (QED) is 0.538. The van der Waals surface area contributed by atoms with Gasteiger partial charge in [0, 0.05) is 18.7 Å². The molecule has 4 aromatic rings. The number of hydrogen-bond donors (Lipinski definition) is 1. The van der Waals surface area contributed by atoms with E-state index in [2.05, 4.69) is 38.8 Å². The molecular weight excluding hydrogens is 390 g/mol. The lowest BCUT2D eigenvalue weighted by Crippen LogP contribution is -2.31. The van der Waals surface area contributed by atoms with Crippen molar-refractivity contribution in [3.8, 4) is 17.1 Å². The Labute approximate surface area is 180 Å². The van der Waals surface area contributed by atoms with Crippen LogP contribution in [0.25, 0.3) is 17.1 Å². The first kappa shape index (κ1) is 19.2. The molecule has 0 fully saturated rings. The predicted octanol–water partition coefficient (Wildman–Crippen LogP) is 4.35. The molecule has 0 aliphatic heterocycles. The van der Waals surface area contributed by atoms with E-state index in [1.165, 1.54) is 11.1 Å². The molecule has 2 aromatic carbocycles. The summed E-state index contributed by atoms with van der Waals surface area (Å²) in [6, 6.07) is 16.1. The van der Waals surface area contributed by atoms with Gasteiger partial charge >= 0.3 is 0 Å². The summed E-state index contributed by atoms with van der Waals surface area (Å²) < 4.78 is 6.77. The number of amides is 1. The van der Waals surface area contributed by atoms with Gasteiger partial charge in [0.15, 0.2) is 0 Å². The molecule has 1 aliphatic rings. The van der Waals surface area contributed by atoms with Crippen LogP contribution in [-0.2, 0) is 6.42 Å². The van der Waals surface area contributed by atoms with E-state index < -0.39 is 0 Å². The highest BCUT2D eigenvalue weighted by molar-refractivity contribution is 5.95. The van der Waals surface area contributed by atoms with Crippen molar-refractivity contribution >= 4 is 5.91 Å². The normalized spacial score (nSPS) is 15.5. The van der Waals surface area contributed by atoms with Crippen LogP contribution in [0.1, 0.15) is 52.0 Å². The third kappa shape index (κ3) is 3.74. The van der Waals surface area contributed by atoms with E-state index in [0.29, 0.717) is 23.0 Å². The monoisotopic (exact) mass is 413 g/mol. The Morgan fingerprint density at radius 2 is 1.94 bits per heavy atom. The van der Waals surface area contributed by atoms with Crippen molar-refractivity contribution in [3.05, 3.63) is 83.0 Å². The lowest BCUT2D eigenvalue weighted by atomic mass is 9.87. The number of aromatic nitrogens is 4. The number of hydrogen-bond acceptors (Lipinski definition) is 5. The van der Waals surface area contributed by atoms with Crippen molar-refractivity contribution in [1.82, 2.24) is 25.2 Å². The molecule has 1 N–H and O–H groups in total. The molecule has 31 heavy (non-hydrogen) atoms. The van der Waals surface area contributed by atoms with Crippen LogP contribution in [-0.4, -0.2) is 25.8 Å². The Morgan fingerprint density at radius 1 is 1.13 bits per heavy atom. The fourth-order valence-corrected chi connectivity index (χ4v) is 4.13. The predicted molar refractivity (Wildman–Crippen MR) is 116 cm³/mol. The Kier molecular flexibility index (Phi) is 4.86. The summed E-state index contributed by atoms with van der Waals surface area (Å²) in [5.74, 6) is 0.982. The number of nitrogens with one attached hydrogen (secondary N) is 1. The third-order valence-electron chi connectivity index (χ3n) is 5.74. The second-order valence-corrected chi connectivity index (χ2v) is 7.87. The van der Waals surface area contributed by atoms with Crippen molar-refractivity contribution in [2.75, 3.05) is 0 Å². The van der Waals surface area contributed by atoms with Gasteiger partial charge in [-0.1, -0.05) is 29.4 Å². The number of benzene rings is 2. The standard InChI is InChI=1S/C24H23N5O2/c1-15-21(24(30)26-22-9-5-7-17-6-3-4-8-20(17)22)14-29(27-15)19-12-10-18(11-13-19)23-25-16(2)31-28-23/h3-4,6,8,10-14,22H,5,7,9H2,1-2H3,(H,26,30). The second kappa shape index (κ2) is 7.83. The average molecular weight is 413 g/mol. The van der Waals surface area contributed by atoms with Crippen molar-refractivity contribution < 1.29 is 9.32 Å². The van der Waals surface area contributed by atoms with E-state index in [9.17, 15) is 4.79 Å². The third-order valence-corrected chi connectivity index (χ3v) is 5.74. The molecule has 1 amide bonds. The lowest BCUT2D eigenvalue weighted by Gasteiger charge is -2.26. The molecule has 7 heteroatoms. The molecule has 2 aromatic heterocycles. The van der Waals surface area contributed by atoms with Gasteiger partial charge in [-0.2, -0.15) is 10.1 Å². The summed E-state index contributed by atoms with van der Waals surface area (Å²) >= 11 is 0. The fraction of sp³-hybridized carbons (Fsp3) is 0.250. The topological polar surface area (TPSA) is 85.8 Å². The Morgan fingerprint density at radius 3 is 2.71 bits per heavy atom. The van der Waals surface area contributed by atoms with Gasteiger partial charge in [-0.3, -0.25) is 4.79 Å². The van der Waals surface area contributed by atoms with E-state index in [1.54, 1.807) is 17.8 Å². The Hall–Kier alpha value is -3.74. The van der Waals surface area contributed by atoms with Gasteiger partial charge in [-0.15, -0.1) is 0 Å². The molecule has 1 aliphatic carbocycles. The van der Waals surface area contributed by atoms with E-state index in [-0.39, 0.29) is 11.9 Å². The van der Waals surface area contributed by atoms with Crippen LogP contribution in [0.5, 0.6) is 0 Å². The molecule has 0 bridgehead atoms. The van der Waals surface area contributed by atoms with Gasteiger partial charge in [-0.25, -0.2) is 4.68 Å². The van der Waals surface area contributed by atoms with Crippen LogP contribution in [0.3, 0.4) is 0 Å². The van der Waals surface area contributed by atoms with Crippen molar-refractivity contribution in [2.45, 2.75) is 39.2 Å². The van der Waals surface area contributed by atoms with Crippen molar-refractivity contribution in [1.29, 1.82) is 0 Å². The van der Waals surface area contributed by atoms with Crippen LogP contribution in [0.15, 0.2) is 59.3 Å². The van der Waals surface area contributed by atoms with Gasteiger partial charge in [0.1, 0.15) is 0 Å².